The van der Waals surface area contributed by atoms with Crippen LogP contribution in [0.15, 0.2) is 36.5 Å². The Morgan fingerprint density at radius 2 is 2.12 bits per heavy atom. The highest BCUT2D eigenvalue weighted by molar-refractivity contribution is 14.1. The van der Waals surface area contributed by atoms with Crippen molar-refractivity contribution in [3.05, 3.63) is 51.6 Å². The van der Waals surface area contributed by atoms with E-state index in [0.717, 1.165) is 0 Å². The van der Waals surface area contributed by atoms with Gasteiger partial charge in [0.15, 0.2) is 0 Å². The van der Waals surface area contributed by atoms with E-state index in [-0.39, 0.29) is 11.5 Å². The molecule has 3 nitrogen and oxygen atoms in total. The average Bonchev–Trinajstić information content (AvgIpc) is 2.66. The number of carbonyl (C=O) groups is 1. The lowest BCUT2D eigenvalue weighted by molar-refractivity contribution is 0.0688. The van der Waals surface area contributed by atoms with Gasteiger partial charge in [0.25, 0.3) is 0 Å². The summed E-state index contributed by atoms with van der Waals surface area (Å²) in [7, 11) is 0. The lowest BCUT2D eigenvalue weighted by Crippen LogP contribution is -2.06. The molecule has 2 aromatic rings. The smallest absolute Gasteiger partial charge is 0.352 e. The minimum atomic E-state index is -1.01. The van der Waals surface area contributed by atoms with Crippen LogP contribution < -0.4 is 0 Å². The molecule has 1 heterocycles. The summed E-state index contributed by atoms with van der Waals surface area (Å²) in [5.41, 5.74) is 0.814. The van der Waals surface area contributed by atoms with Crippen LogP contribution in [0.3, 0.4) is 0 Å². The van der Waals surface area contributed by atoms with Gasteiger partial charge >= 0.3 is 5.97 Å². The number of carboxylic acid groups (broad SMARTS) is 1. The van der Waals surface area contributed by atoms with Crippen molar-refractivity contribution in [3.63, 3.8) is 0 Å². The first kappa shape index (κ1) is 11.1. The van der Waals surface area contributed by atoms with Crippen molar-refractivity contribution in [1.82, 2.24) is 4.57 Å². The molecule has 1 N–H and O–H groups in total. The highest BCUT2D eigenvalue weighted by Gasteiger charge is 2.12. The van der Waals surface area contributed by atoms with Crippen molar-refractivity contribution in [2.45, 2.75) is 0 Å². The van der Waals surface area contributed by atoms with E-state index in [1.54, 1.807) is 18.3 Å². The first-order valence-electron chi connectivity index (χ1n) is 4.45. The van der Waals surface area contributed by atoms with Crippen LogP contribution in [0.5, 0.6) is 0 Å². The number of hydrogen-bond acceptors (Lipinski definition) is 1. The van der Waals surface area contributed by atoms with Gasteiger partial charge in [-0.15, -0.1) is 0 Å². The molecule has 0 fully saturated rings. The molecule has 1 aromatic carbocycles. The molecule has 82 valence electrons. The van der Waals surface area contributed by atoms with E-state index in [9.17, 15) is 9.18 Å². The van der Waals surface area contributed by atoms with Crippen LogP contribution in [0.25, 0.3) is 5.69 Å². The number of rotatable bonds is 2. The third-order valence-electron chi connectivity index (χ3n) is 2.14. The summed E-state index contributed by atoms with van der Waals surface area (Å²) in [6, 6.07) is 7.37. The fraction of sp³-hybridized carbons (Fsp3) is 0. The van der Waals surface area contributed by atoms with Crippen LogP contribution in [0.4, 0.5) is 4.39 Å². The number of hydrogen-bond donors (Lipinski definition) is 1. The normalized spacial score (nSPS) is 10.4. The molecule has 1 aromatic heterocycles. The Hall–Kier alpha value is -1.37. The van der Waals surface area contributed by atoms with Crippen molar-refractivity contribution < 1.29 is 14.3 Å². The van der Waals surface area contributed by atoms with Crippen molar-refractivity contribution in [1.29, 1.82) is 0 Å². The van der Waals surface area contributed by atoms with Crippen molar-refractivity contribution in [2.24, 2.45) is 0 Å². The summed E-state index contributed by atoms with van der Waals surface area (Å²) < 4.78 is 15.1. The zero-order valence-electron chi connectivity index (χ0n) is 8.02. The van der Waals surface area contributed by atoms with Gasteiger partial charge in [0.05, 0.1) is 5.69 Å². The van der Waals surface area contributed by atoms with E-state index in [4.69, 9.17) is 5.11 Å². The number of nitrogens with zero attached hydrogens (tertiary/aromatic N) is 1. The third kappa shape index (κ3) is 1.95. The molecule has 0 unspecified atom stereocenters. The summed E-state index contributed by atoms with van der Waals surface area (Å²) >= 11 is 1.97. The second-order valence-electron chi connectivity index (χ2n) is 3.16. The molecule has 0 saturated heterocycles. The van der Waals surface area contributed by atoms with Gasteiger partial charge in [0.1, 0.15) is 11.5 Å². The number of carboxylic acids is 1. The number of aromatic nitrogens is 1. The molecule has 0 aliphatic carbocycles. The van der Waals surface area contributed by atoms with Crippen LogP contribution in [0, 0.1) is 9.39 Å². The lowest BCUT2D eigenvalue weighted by atomic mass is 10.3. The molecule has 16 heavy (non-hydrogen) atoms. The molecule has 0 radical (unpaired) electrons. The Labute approximate surface area is 105 Å². The Kier molecular flexibility index (Phi) is 2.95. The zero-order valence-corrected chi connectivity index (χ0v) is 10.2. The van der Waals surface area contributed by atoms with E-state index in [1.807, 2.05) is 22.6 Å². The quantitative estimate of drug-likeness (QED) is 0.860. The monoisotopic (exact) mass is 331 g/mol. The number of aromatic carboxylic acids is 1. The van der Waals surface area contributed by atoms with Crippen LogP contribution in [-0.4, -0.2) is 15.6 Å². The Balaban J connectivity index is 2.59. The van der Waals surface area contributed by atoms with Gasteiger partial charge in [-0.25, -0.2) is 9.18 Å². The SMILES string of the molecule is O=C(O)c1cccn1-c1ccc(F)cc1I. The standard InChI is InChI=1S/C11H7FINO2/c12-7-3-4-9(8(13)6-7)14-5-1-2-10(14)11(15)16/h1-6H,(H,15,16). The molecule has 0 spiro atoms. The highest BCUT2D eigenvalue weighted by atomic mass is 127. The highest BCUT2D eigenvalue weighted by Crippen LogP contribution is 2.20. The van der Waals surface area contributed by atoms with Gasteiger partial charge in [0.2, 0.25) is 0 Å². The summed E-state index contributed by atoms with van der Waals surface area (Å²) in [6.07, 6.45) is 1.64. The molecule has 0 amide bonds. The molecule has 2 rings (SSSR count). The summed E-state index contributed by atoms with van der Waals surface area (Å²) in [5.74, 6) is -1.35. The summed E-state index contributed by atoms with van der Waals surface area (Å²) in [6.45, 7) is 0. The van der Waals surface area contributed by atoms with E-state index in [1.165, 1.54) is 22.8 Å². The summed E-state index contributed by atoms with van der Waals surface area (Å²) in [4.78, 5) is 10.9. The van der Waals surface area contributed by atoms with Gasteiger partial charge < -0.3 is 9.67 Å². The van der Waals surface area contributed by atoms with Crippen molar-refractivity contribution in [2.75, 3.05) is 0 Å². The minimum absolute atomic E-state index is 0.157. The topological polar surface area (TPSA) is 42.2 Å². The van der Waals surface area contributed by atoms with Crippen LogP contribution in [-0.2, 0) is 0 Å². The Morgan fingerprint density at radius 3 is 2.75 bits per heavy atom. The average molecular weight is 331 g/mol. The largest absolute Gasteiger partial charge is 0.477 e. The first-order valence-corrected chi connectivity index (χ1v) is 5.53. The number of benzene rings is 1. The fourth-order valence-electron chi connectivity index (χ4n) is 1.44. The Bertz CT molecular complexity index is 551. The van der Waals surface area contributed by atoms with Gasteiger partial charge in [-0.3, -0.25) is 0 Å². The van der Waals surface area contributed by atoms with E-state index < -0.39 is 5.97 Å². The predicted octanol–water partition coefficient (Wildman–Crippen LogP) is 2.92. The third-order valence-corrected chi connectivity index (χ3v) is 3.00. The van der Waals surface area contributed by atoms with Crippen molar-refractivity contribution >= 4 is 28.6 Å². The van der Waals surface area contributed by atoms with Crippen LogP contribution in [0.2, 0.25) is 0 Å². The van der Waals surface area contributed by atoms with E-state index in [0.29, 0.717) is 9.26 Å². The second-order valence-corrected chi connectivity index (χ2v) is 4.33. The molecule has 0 aliphatic heterocycles. The number of halogens is 2. The van der Waals surface area contributed by atoms with Gasteiger partial charge in [-0.2, -0.15) is 0 Å². The minimum Gasteiger partial charge on any atom is -0.477 e. The molecule has 0 saturated carbocycles. The maximum atomic E-state index is 12.9. The molecule has 0 aliphatic rings. The molecule has 0 bridgehead atoms. The molecule has 0 atom stereocenters. The fourth-order valence-corrected chi connectivity index (χ4v) is 2.18. The van der Waals surface area contributed by atoms with E-state index in [2.05, 4.69) is 0 Å². The van der Waals surface area contributed by atoms with Gasteiger partial charge in [-0.05, 0) is 52.9 Å². The molecule has 5 heteroatoms. The van der Waals surface area contributed by atoms with Crippen LogP contribution >= 0.6 is 22.6 Å². The van der Waals surface area contributed by atoms with E-state index >= 15 is 0 Å². The maximum absolute atomic E-state index is 12.9. The zero-order chi connectivity index (χ0) is 11.7. The van der Waals surface area contributed by atoms with Gasteiger partial charge in [0, 0.05) is 9.77 Å². The van der Waals surface area contributed by atoms with Crippen LogP contribution in [0.1, 0.15) is 10.5 Å². The molecular formula is C11H7FINO2. The van der Waals surface area contributed by atoms with Gasteiger partial charge in [-0.1, -0.05) is 0 Å². The lowest BCUT2D eigenvalue weighted by Gasteiger charge is -2.08. The summed E-state index contributed by atoms with van der Waals surface area (Å²) in [5, 5.41) is 8.96. The first-order chi connectivity index (χ1) is 7.59. The molecular weight excluding hydrogens is 324 g/mol. The second kappa shape index (κ2) is 4.25. The predicted molar refractivity (Wildman–Crippen MR) is 65.4 cm³/mol. The Morgan fingerprint density at radius 1 is 1.38 bits per heavy atom. The maximum Gasteiger partial charge on any atom is 0.352 e. The van der Waals surface area contributed by atoms with Crippen molar-refractivity contribution in [3.8, 4) is 5.69 Å².